The standard InChI is InChI=1S/C24H35NO4/c1-3-4-5-6-7-17-28-24(27)23-21-13-12-20(29-21)22(23)19(26)11-10-18-9-8-15-25(2)16-14-18/h12-13,18H,3-11,14-17H2,1-2H3. The number of hydrogen-bond acceptors (Lipinski definition) is 5. The molecular formula is C24H35NO4. The highest BCUT2D eigenvalue weighted by Gasteiger charge is 2.28. The normalized spacial score (nSPS) is 18.2. The number of rotatable bonds is 11. The Morgan fingerprint density at radius 1 is 1.07 bits per heavy atom. The lowest BCUT2D eigenvalue weighted by molar-refractivity contribution is 0.0496. The summed E-state index contributed by atoms with van der Waals surface area (Å²) in [6.07, 6.45) is 10.3. The van der Waals surface area contributed by atoms with Gasteiger partial charge in [0.1, 0.15) is 16.7 Å². The van der Waals surface area contributed by atoms with E-state index in [0.29, 0.717) is 41.2 Å². The van der Waals surface area contributed by atoms with E-state index in [1.54, 1.807) is 12.1 Å². The number of furan rings is 2. The van der Waals surface area contributed by atoms with E-state index >= 15 is 0 Å². The second-order valence-corrected chi connectivity index (χ2v) is 8.53. The van der Waals surface area contributed by atoms with Gasteiger partial charge in [0.15, 0.2) is 5.78 Å². The first kappa shape index (κ1) is 21.8. The molecule has 2 bridgehead atoms. The lowest BCUT2D eigenvalue weighted by Gasteiger charge is -2.14. The molecule has 5 heteroatoms. The van der Waals surface area contributed by atoms with Gasteiger partial charge in [-0.15, -0.1) is 0 Å². The number of carbonyl (C=O) groups is 2. The summed E-state index contributed by atoms with van der Waals surface area (Å²) in [5.41, 5.74) is 1.75. The average Bonchev–Trinajstić information content (AvgIpc) is 3.27. The Balaban J connectivity index is 1.55. The Kier molecular flexibility index (Phi) is 8.10. The summed E-state index contributed by atoms with van der Waals surface area (Å²) in [7, 11) is 2.16. The summed E-state index contributed by atoms with van der Waals surface area (Å²) in [5, 5.41) is 0. The van der Waals surface area contributed by atoms with Gasteiger partial charge in [-0.05, 0) is 70.3 Å². The van der Waals surface area contributed by atoms with Crippen molar-refractivity contribution in [3.63, 3.8) is 0 Å². The van der Waals surface area contributed by atoms with Crippen LogP contribution in [0.5, 0.6) is 0 Å². The SMILES string of the molecule is CCCCCCCOC(=O)c1c(C(=O)CCC2CCCN(C)CC2)c2ccc1o2. The van der Waals surface area contributed by atoms with Gasteiger partial charge in [0.2, 0.25) is 0 Å². The molecule has 0 amide bonds. The summed E-state index contributed by atoms with van der Waals surface area (Å²) >= 11 is 0. The van der Waals surface area contributed by atoms with E-state index in [-0.39, 0.29) is 5.78 Å². The summed E-state index contributed by atoms with van der Waals surface area (Å²) < 4.78 is 11.1. The Hall–Kier alpha value is -1.88. The maximum absolute atomic E-state index is 13.0. The van der Waals surface area contributed by atoms with Crippen LogP contribution in [0.3, 0.4) is 0 Å². The minimum atomic E-state index is -0.422. The van der Waals surface area contributed by atoms with Crippen LogP contribution in [0.1, 0.15) is 91.8 Å². The van der Waals surface area contributed by atoms with Crippen LogP contribution in [0.15, 0.2) is 16.5 Å². The molecule has 0 saturated carbocycles. The number of ketones is 1. The molecule has 29 heavy (non-hydrogen) atoms. The van der Waals surface area contributed by atoms with Crippen molar-refractivity contribution in [2.24, 2.45) is 5.92 Å². The molecular weight excluding hydrogens is 366 g/mol. The van der Waals surface area contributed by atoms with Crippen LogP contribution in [0, 0.1) is 5.92 Å². The van der Waals surface area contributed by atoms with E-state index in [4.69, 9.17) is 9.15 Å². The number of Topliss-reactive ketones (excluding diaryl/α,β-unsaturated/α-hetero) is 1. The van der Waals surface area contributed by atoms with Gasteiger partial charge in [0, 0.05) is 6.42 Å². The van der Waals surface area contributed by atoms with Crippen LogP contribution < -0.4 is 0 Å². The average molecular weight is 402 g/mol. The van der Waals surface area contributed by atoms with Crippen molar-refractivity contribution in [3.05, 3.63) is 23.3 Å². The smallest absolute Gasteiger partial charge is 0.342 e. The summed E-state index contributed by atoms with van der Waals surface area (Å²) in [4.78, 5) is 28.0. The highest BCUT2D eigenvalue weighted by molar-refractivity contribution is 6.15. The molecule has 2 aromatic rings. The zero-order chi connectivity index (χ0) is 20.6. The molecule has 1 unspecified atom stereocenters. The molecule has 1 atom stereocenters. The highest BCUT2D eigenvalue weighted by atomic mass is 16.5. The van der Waals surface area contributed by atoms with E-state index in [2.05, 4.69) is 18.9 Å². The third kappa shape index (κ3) is 5.81. The first-order chi connectivity index (χ1) is 14.1. The minimum absolute atomic E-state index is 0.00634. The Labute approximate surface area is 174 Å². The largest absolute Gasteiger partial charge is 0.462 e. The number of carbonyl (C=O) groups excluding carboxylic acids is 2. The van der Waals surface area contributed by atoms with E-state index in [1.165, 1.54) is 32.1 Å². The molecule has 0 radical (unpaired) electrons. The zero-order valence-electron chi connectivity index (χ0n) is 18.0. The maximum atomic E-state index is 13.0. The molecule has 0 spiro atoms. The van der Waals surface area contributed by atoms with Gasteiger partial charge in [-0.25, -0.2) is 4.79 Å². The highest BCUT2D eigenvalue weighted by Crippen LogP contribution is 2.32. The van der Waals surface area contributed by atoms with Crippen molar-refractivity contribution < 1.29 is 18.7 Å². The van der Waals surface area contributed by atoms with Gasteiger partial charge in [0.05, 0.1) is 12.2 Å². The molecule has 0 N–H and O–H groups in total. The summed E-state index contributed by atoms with van der Waals surface area (Å²) in [6.45, 7) is 4.81. The number of ether oxygens (including phenoxy) is 1. The van der Waals surface area contributed by atoms with Crippen LogP contribution >= 0.6 is 0 Å². The molecule has 5 nitrogen and oxygen atoms in total. The van der Waals surface area contributed by atoms with Gasteiger partial charge >= 0.3 is 5.97 Å². The Morgan fingerprint density at radius 3 is 2.62 bits per heavy atom. The van der Waals surface area contributed by atoms with Crippen LogP contribution in [0.25, 0.3) is 11.2 Å². The van der Waals surface area contributed by atoms with Gasteiger partial charge in [-0.2, -0.15) is 0 Å². The number of benzene rings is 1. The second-order valence-electron chi connectivity index (χ2n) is 8.53. The van der Waals surface area contributed by atoms with Gasteiger partial charge < -0.3 is 14.1 Å². The Morgan fingerprint density at radius 2 is 1.83 bits per heavy atom. The second kappa shape index (κ2) is 10.8. The third-order valence-corrected chi connectivity index (χ3v) is 6.16. The number of fused-ring (bicyclic) bond motifs is 2. The predicted molar refractivity (Wildman–Crippen MR) is 115 cm³/mol. The number of unbranched alkanes of at least 4 members (excludes halogenated alkanes) is 4. The fourth-order valence-corrected chi connectivity index (χ4v) is 4.33. The molecule has 1 fully saturated rings. The van der Waals surface area contributed by atoms with Gasteiger partial charge in [-0.1, -0.05) is 32.6 Å². The summed E-state index contributed by atoms with van der Waals surface area (Å²) in [5.74, 6) is 0.164. The molecule has 160 valence electrons. The van der Waals surface area contributed by atoms with Crippen LogP contribution in [0.4, 0.5) is 0 Å². The molecule has 0 aromatic carbocycles. The quantitative estimate of drug-likeness (QED) is 0.275. The first-order valence-electron chi connectivity index (χ1n) is 11.3. The van der Waals surface area contributed by atoms with E-state index in [0.717, 1.165) is 38.8 Å². The number of esters is 1. The topological polar surface area (TPSA) is 59.8 Å². The van der Waals surface area contributed by atoms with Crippen molar-refractivity contribution in [3.8, 4) is 0 Å². The predicted octanol–water partition coefficient (Wildman–Crippen LogP) is 5.69. The zero-order valence-corrected chi connectivity index (χ0v) is 18.0. The van der Waals surface area contributed by atoms with Crippen molar-refractivity contribution in [2.45, 2.75) is 71.1 Å². The van der Waals surface area contributed by atoms with E-state index in [9.17, 15) is 9.59 Å². The van der Waals surface area contributed by atoms with Crippen molar-refractivity contribution in [2.75, 3.05) is 26.7 Å². The van der Waals surface area contributed by atoms with E-state index in [1.807, 2.05) is 0 Å². The first-order valence-corrected chi connectivity index (χ1v) is 11.3. The molecule has 1 aliphatic heterocycles. The van der Waals surface area contributed by atoms with Crippen LogP contribution in [-0.4, -0.2) is 43.4 Å². The lowest BCUT2D eigenvalue weighted by atomic mass is 9.92. The number of likely N-dealkylation sites (tertiary alicyclic amines) is 1. The molecule has 1 aliphatic rings. The number of hydrogen-bond donors (Lipinski definition) is 0. The van der Waals surface area contributed by atoms with E-state index < -0.39 is 5.97 Å². The molecule has 3 rings (SSSR count). The maximum Gasteiger partial charge on any atom is 0.342 e. The molecule has 3 heterocycles. The monoisotopic (exact) mass is 401 g/mol. The fourth-order valence-electron chi connectivity index (χ4n) is 4.33. The number of nitrogens with zero attached hydrogens (tertiary/aromatic N) is 1. The van der Waals surface area contributed by atoms with Crippen LogP contribution in [-0.2, 0) is 4.74 Å². The molecule has 1 saturated heterocycles. The van der Waals surface area contributed by atoms with Crippen molar-refractivity contribution in [1.82, 2.24) is 4.90 Å². The van der Waals surface area contributed by atoms with Gasteiger partial charge in [0.25, 0.3) is 0 Å². The summed E-state index contributed by atoms with van der Waals surface area (Å²) in [6, 6.07) is 3.54. The molecule has 2 aromatic heterocycles. The van der Waals surface area contributed by atoms with Crippen molar-refractivity contribution in [1.29, 1.82) is 0 Å². The van der Waals surface area contributed by atoms with Crippen molar-refractivity contribution >= 4 is 22.9 Å². The minimum Gasteiger partial charge on any atom is -0.462 e. The Bertz CT molecular complexity index is 781. The third-order valence-electron chi connectivity index (χ3n) is 6.16. The molecule has 0 aliphatic carbocycles. The lowest BCUT2D eigenvalue weighted by Crippen LogP contribution is -2.19. The van der Waals surface area contributed by atoms with Gasteiger partial charge in [-0.3, -0.25) is 4.79 Å². The fraction of sp³-hybridized carbons (Fsp3) is 0.667. The van der Waals surface area contributed by atoms with Crippen LogP contribution in [0.2, 0.25) is 0 Å².